The van der Waals surface area contributed by atoms with E-state index in [0.717, 1.165) is 13.2 Å². The molecule has 1 aliphatic rings. The minimum absolute atomic E-state index is 0.0833. The van der Waals surface area contributed by atoms with Crippen LogP contribution >= 0.6 is 0 Å². The molecule has 0 bridgehead atoms. The number of hydrogen-bond donors (Lipinski definition) is 2. The van der Waals surface area contributed by atoms with Gasteiger partial charge >= 0.3 is 11.9 Å². The van der Waals surface area contributed by atoms with Crippen molar-refractivity contribution in [2.24, 2.45) is 0 Å². The quantitative estimate of drug-likeness (QED) is 0.731. The Kier molecular flexibility index (Phi) is 4.43. The number of benzene rings is 1. The highest BCUT2D eigenvalue weighted by atomic mass is 17.2. The van der Waals surface area contributed by atoms with Gasteiger partial charge in [0.05, 0.1) is 11.1 Å². The van der Waals surface area contributed by atoms with E-state index < -0.39 is 11.9 Å². The molecule has 16 heavy (non-hydrogen) atoms. The van der Waals surface area contributed by atoms with E-state index in [1.54, 1.807) is 0 Å². The monoisotopic (exact) mass is 226 g/mol. The zero-order valence-corrected chi connectivity index (χ0v) is 8.25. The summed E-state index contributed by atoms with van der Waals surface area (Å²) in [6.45, 7) is 1.56. The van der Waals surface area contributed by atoms with Crippen molar-refractivity contribution in [2.75, 3.05) is 13.2 Å². The average Bonchev–Trinajstić information content (AvgIpc) is 2.15. The maximum atomic E-state index is 10.3. The molecule has 2 N–H and O–H groups in total. The van der Waals surface area contributed by atoms with Crippen molar-refractivity contribution in [1.29, 1.82) is 0 Å². The first kappa shape index (κ1) is 12.2. The van der Waals surface area contributed by atoms with Crippen molar-refractivity contribution >= 4 is 11.9 Å². The molecule has 0 aliphatic carbocycles. The third-order valence-corrected chi connectivity index (χ3v) is 1.71. The van der Waals surface area contributed by atoms with Crippen molar-refractivity contribution in [3.63, 3.8) is 0 Å². The molecule has 0 aromatic heterocycles. The van der Waals surface area contributed by atoms with E-state index in [0.29, 0.717) is 0 Å². The number of rotatable bonds is 2. The van der Waals surface area contributed by atoms with Crippen molar-refractivity contribution in [2.45, 2.75) is 0 Å². The molecule has 1 fully saturated rings. The molecule has 6 heteroatoms. The number of carboxylic acid groups (broad SMARTS) is 2. The van der Waals surface area contributed by atoms with Gasteiger partial charge in [-0.1, -0.05) is 0 Å². The van der Waals surface area contributed by atoms with Crippen LogP contribution in [-0.4, -0.2) is 35.4 Å². The lowest BCUT2D eigenvalue weighted by Crippen LogP contribution is -2.14. The van der Waals surface area contributed by atoms with Crippen LogP contribution in [0.3, 0.4) is 0 Å². The van der Waals surface area contributed by atoms with Crippen LogP contribution in [0.2, 0.25) is 0 Å². The van der Waals surface area contributed by atoms with Crippen LogP contribution in [0.1, 0.15) is 20.7 Å². The SMILES string of the molecule is C1COO1.O=C(O)c1ccc(C(=O)O)cc1. The van der Waals surface area contributed by atoms with E-state index in [2.05, 4.69) is 9.78 Å². The van der Waals surface area contributed by atoms with Gasteiger partial charge in [-0.25, -0.2) is 19.4 Å². The van der Waals surface area contributed by atoms with E-state index in [-0.39, 0.29) is 11.1 Å². The summed E-state index contributed by atoms with van der Waals surface area (Å²) in [6.07, 6.45) is 0. The van der Waals surface area contributed by atoms with E-state index in [1.807, 2.05) is 0 Å². The lowest BCUT2D eigenvalue weighted by Gasteiger charge is -2.08. The summed E-state index contributed by atoms with van der Waals surface area (Å²) < 4.78 is 0. The summed E-state index contributed by atoms with van der Waals surface area (Å²) in [6, 6.07) is 5.02. The third kappa shape index (κ3) is 3.68. The van der Waals surface area contributed by atoms with Gasteiger partial charge in [0.15, 0.2) is 0 Å². The molecular formula is C10H10O6. The maximum Gasteiger partial charge on any atom is 0.335 e. The van der Waals surface area contributed by atoms with Crippen LogP contribution in [0.4, 0.5) is 0 Å². The molecule has 1 aliphatic heterocycles. The minimum Gasteiger partial charge on any atom is -0.478 e. The van der Waals surface area contributed by atoms with Gasteiger partial charge in [0.2, 0.25) is 0 Å². The normalized spacial score (nSPS) is 13.0. The fourth-order valence-electron chi connectivity index (χ4n) is 0.839. The third-order valence-electron chi connectivity index (χ3n) is 1.71. The molecule has 0 saturated carbocycles. The van der Waals surface area contributed by atoms with Gasteiger partial charge in [0, 0.05) is 0 Å². The van der Waals surface area contributed by atoms with E-state index in [9.17, 15) is 9.59 Å². The maximum absolute atomic E-state index is 10.3. The average molecular weight is 226 g/mol. The highest BCUT2D eigenvalue weighted by molar-refractivity contribution is 5.91. The van der Waals surface area contributed by atoms with Gasteiger partial charge in [-0.3, -0.25) is 0 Å². The fourth-order valence-corrected chi connectivity index (χ4v) is 0.839. The molecule has 0 atom stereocenters. The summed E-state index contributed by atoms with van der Waals surface area (Å²) in [7, 11) is 0. The molecule has 1 aromatic rings. The molecular weight excluding hydrogens is 216 g/mol. The van der Waals surface area contributed by atoms with Gasteiger partial charge in [-0.15, -0.1) is 0 Å². The van der Waals surface area contributed by atoms with Gasteiger partial charge in [0.25, 0.3) is 0 Å². The predicted octanol–water partition coefficient (Wildman–Crippen LogP) is 1.03. The molecule has 1 heterocycles. The zero-order valence-electron chi connectivity index (χ0n) is 8.25. The molecule has 0 radical (unpaired) electrons. The van der Waals surface area contributed by atoms with Gasteiger partial charge in [-0.2, -0.15) is 0 Å². The lowest BCUT2D eigenvalue weighted by atomic mass is 10.1. The molecule has 86 valence electrons. The second-order valence-corrected chi connectivity index (χ2v) is 2.83. The Morgan fingerprint density at radius 3 is 1.25 bits per heavy atom. The summed E-state index contributed by atoms with van der Waals surface area (Å²) in [4.78, 5) is 29.1. The molecule has 6 nitrogen and oxygen atoms in total. The van der Waals surface area contributed by atoms with E-state index in [1.165, 1.54) is 24.3 Å². The lowest BCUT2D eigenvalue weighted by molar-refractivity contribution is -0.382. The Morgan fingerprint density at radius 1 is 0.875 bits per heavy atom. The Bertz CT molecular complexity index is 328. The van der Waals surface area contributed by atoms with Crippen molar-refractivity contribution < 1.29 is 29.6 Å². The van der Waals surface area contributed by atoms with Crippen LogP contribution in [0, 0.1) is 0 Å². The highest BCUT2D eigenvalue weighted by Crippen LogP contribution is 2.03. The Morgan fingerprint density at radius 2 is 1.12 bits per heavy atom. The largest absolute Gasteiger partial charge is 0.478 e. The van der Waals surface area contributed by atoms with Crippen LogP contribution in [0.15, 0.2) is 24.3 Å². The second-order valence-electron chi connectivity index (χ2n) is 2.83. The van der Waals surface area contributed by atoms with E-state index >= 15 is 0 Å². The summed E-state index contributed by atoms with van der Waals surface area (Å²) in [5.74, 6) is -2.13. The number of hydrogen-bond acceptors (Lipinski definition) is 4. The van der Waals surface area contributed by atoms with Gasteiger partial charge in [-0.05, 0) is 24.3 Å². The summed E-state index contributed by atoms with van der Waals surface area (Å²) >= 11 is 0. The van der Waals surface area contributed by atoms with Crippen LogP contribution in [0.25, 0.3) is 0 Å². The fraction of sp³-hybridized carbons (Fsp3) is 0.200. The molecule has 1 aromatic carbocycles. The Hall–Kier alpha value is -1.92. The highest BCUT2D eigenvalue weighted by Gasteiger charge is 2.04. The molecule has 0 amide bonds. The predicted molar refractivity (Wildman–Crippen MR) is 52.3 cm³/mol. The standard InChI is InChI=1S/C8H6O4.C2H4O2/c9-7(10)5-1-2-6(4-3-5)8(11)12;1-2-4-3-1/h1-4H,(H,9,10)(H,11,12);1-2H2. The first-order chi connectivity index (χ1) is 7.61. The van der Waals surface area contributed by atoms with Crippen LogP contribution in [0.5, 0.6) is 0 Å². The van der Waals surface area contributed by atoms with Crippen LogP contribution < -0.4 is 0 Å². The van der Waals surface area contributed by atoms with Crippen LogP contribution in [-0.2, 0) is 9.78 Å². The number of aromatic carboxylic acids is 2. The second kappa shape index (κ2) is 5.84. The Balaban J connectivity index is 0.000000267. The first-order valence-corrected chi connectivity index (χ1v) is 4.42. The summed E-state index contributed by atoms with van der Waals surface area (Å²) in [5, 5.41) is 16.9. The van der Waals surface area contributed by atoms with Gasteiger partial charge < -0.3 is 10.2 Å². The van der Waals surface area contributed by atoms with Crippen molar-refractivity contribution in [1.82, 2.24) is 0 Å². The van der Waals surface area contributed by atoms with Crippen molar-refractivity contribution in [3.8, 4) is 0 Å². The zero-order chi connectivity index (χ0) is 12.0. The first-order valence-electron chi connectivity index (χ1n) is 4.42. The topological polar surface area (TPSA) is 93.1 Å². The number of carboxylic acids is 2. The summed E-state index contributed by atoms with van der Waals surface area (Å²) in [5.41, 5.74) is 0.167. The van der Waals surface area contributed by atoms with E-state index in [4.69, 9.17) is 10.2 Å². The smallest absolute Gasteiger partial charge is 0.335 e. The van der Waals surface area contributed by atoms with Gasteiger partial charge in [0.1, 0.15) is 13.2 Å². The van der Waals surface area contributed by atoms with Crippen molar-refractivity contribution in [3.05, 3.63) is 35.4 Å². The minimum atomic E-state index is -1.06. The molecule has 1 saturated heterocycles. The Labute approximate surface area is 91.0 Å². The number of carbonyl (C=O) groups is 2. The molecule has 2 rings (SSSR count). The molecule has 0 unspecified atom stereocenters. The molecule has 0 spiro atoms.